The van der Waals surface area contributed by atoms with Crippen molar-refractivity contribution in [1.82, 2.24) is 15.2 Å². The van der Waals surface area contributed by atoms with Crippen LogP contribution in [0, 0.1) is 0 Å². The predicted molar refractivity (Wildman–Crippen MR) is 163 cm³/mol. The third kappa shape index (κ3) is 7.48. The van der Waals surface area contributed by atoms with Gasteiger partial charge in [0.05, 0.1) is 24.4 Å². The van der Waals surface area contributed by atoms with Crippen LogP contribution in [0.1, 0.15) is 23.7 Å². The van der Waals surface area contributed by atoms with Crippen LogP contribution in [0.15, 0.2) is 78.9 Å². The van der Waals surface area contributed by atoms with E-state index in [-0.39, 0.29) is 19.8 Å². The fourth-order valence-corrected chi connectivity index (χ4v) is 5.06. The Kier molecular flexibility index (Phi) is 9.74. The zero-order valence-corrected chi connectivity index (χ0v) is 24.2. The van der Waals surface area contributed by atoms with E-state index in [2.05, 4.69) is 33.3 Å². The Balaban J connectivity index is 1.27. The number of hydrogen-bond donors (Lipinski definition) is 2. The van der Waals surface area contributed by atoms with Crippen molar-refractivity contribution in [3.8, 4) is 11.5 Å². The Hall–Kier alpha value is -4.34. The molecule has 1 atom stereocenters. The van der Waals surface area contributed by atoms with Gasteiger partial charge in [0.2, 0.25) is 0 Å². The molecule has 0 spiro atoms. The molecule has 0 radical (unpaired) electrons. The van der Waals surface area contributed by atoms with Gasteiger partial charge in [-0.3, -0.25) is 9.88 Å². The summed E-state index contributed by atoms with van der Waals surface area (Å²) < 4.78 is 17.3. The summed E-state index contributed by atoms with van der Waals surface area (Å²) in [5.74, 6) is 1.26. The number of fused-ring (bicyclic) bond motifs is 1. The minimum atomic E-state index is -0.660. The second-order valence-corrected chi connectivity index (χ2v) is 10.4. The number of amides is 1. The number of rotatable bonds is 11. The van der Waals surface area contributed by atoms with Gasteiger partial charge in [-0.2, -0.15) is 0 Å². The number of aromatic nitrogens is 1. The molecular formula is C33H38N4O5. The maximum Gasteiger partial charge on any atom is 0.407 e. The minimum absolute atomic E-state index is 0.110. The molecule has 1 fully saturated rings. The van der Waals surface area contributed by atoms with Crippen molar-refractivity contribution in [3.63, 3.8) is 0 Å². The Morgan fingerprint density at radius 3 is 2.50 bits per heavy atom. The molecule has 42 heavy (non-hydrogen) atoms. The van der Waals surface area contributed by atoms with Crippen molar-refractivity contribution in [2.45, 2.75) is 32.7 Å². The van der Waals surface area contributed by atoms with E-state index in [0.717, 1.165) is 66.1 Å². The SMILES string of the molecule is COc1ccc(CNC(=O)OCc2ccccc2)c(OCC(C)O)c1N1CCN(Cc2ccc3ccccc3n2)CC1. The summed E-state index contributed by atoms with van der Waals surface area (Å²) in [5, 5.41) is 14.0. The summed E-state index contributed by atoms with van der Waals surface area (Å²) in [7, 11) is 1.64. The Labute approximate surface area is 246 Å². The highest BCUT2D eigenvalue weighted by molar-refractivity contribution is 5.78. The molecule has 0 bridgehead atoms. The lowest BCUT2D eigenvalue weighted by molar-refractivity contribution is 0.121. The van der Waals surface area contributed by atoms with Crippen molar-refractivity contribution in [2.75, 3.05) is 44.8 Å². The predicted octanol–water partition coefficient (Wildman–Crippen LogP) is 4.75. The van der Waals surface area contributed by atoms with Crippen LogP contribution in [0.4, 0.5) is 10.5 Å². The van der Waals surface area contributed by atoms with Gasteiger partial charge in [-0.05, 0) is 36.8 Å². The molecule has 1 aliphatic rings. The monoisotopic (exact) mass is 570 g/mol. The van der Waals surface area contributed by atoms with Gasteiger partial charge in [0.15, 0.2) is 5.75 Å². The Morgan fingerprint density at radius 2 is 1.74 bits per heavy atom. The highest BCUT2D eigenvalue weighted by Gasteiger charge is 2.26. The maximum atomic E-state index is 12.5. The number of aliphatic hydroxyl groups excluding tert-OH is 1. The van der Waals surface area contributed by atoms with Crippen LogP contribution in [0.25, 0.3) is 10.9 Å². The maximum absolute atomic E-state index is 12.5. The Morgan fingerprint density at radius 1 is 0.976 bits per heavy atom. The number of carbonyl (C=O) groups excluding carboxylic acids is 1. The number of anilines is 1. The molecule has 1 unspecified atom stereocenters. The van der Waals surface area contributed by atoms with E-state index in [1.807, 2.05) is 60.7 Å². The average Bonchev–Trinajstić information content (AvgIpc) is 3.02. The molecule has 1 aromatic heterocycles. The number of piperazine rings is 1. The summed E-state index contributed by atoms with van der Waals surface area (Å²) in [4.78, 5) is 22.0. The summed E-state index contributed by atoms with van der Waals surface area (Å²) in [5.41, 5.74) is 4.56. The van der Waals surface area contributed by atoms with Crippen molar-refractivity contribution in [1.29, 1.82) is 0 Å². The van der Waals surface area contributed by atoms with Crippen LogP contribution in [0.2, 0.25) is 0 Å². The van der Waals surface area contributed by atoms with Crippen LogP contribution in [-0.4, -0.2) is 67.1 Å². The van der Waals surface area contributed by atoms with Crippen LogP contribution < -0.4 is 19.7 Å². The number of pyridine rings is 1. The van der Waals surface area contributed by atoms with Gasteiger partial charge in [0.1, 0.15) is 24.7 Å². The van der Waals surface area contributed by atoms with Crippen LogP contribution in [0.3, 0.4) is 0 Å². The summed E-state index contributed by atoms with van der Waals surface area (Å²) >= 11 is 0. The molecule has 1 saturated heterocycles. The topological polar surface area (TPSA) is 96.4 Å². The molecule has 3 aromatic carbocycles. The molecule has 0 saturated carbocycles. The highest BCUT2D eigenvalue weighted by atomic mass is 16.5. The molecule has 2 heterocycles. The first-order valence-electron chi connectivity index (χ1n) is 14.3. The first-order chi connectivity index (χ1) is 20.5. The number of ether oxygens (including phenoxy) is 3. The summed E-state index contributed by atoms with van der Waals surface area (Å²) in [6.07, 6.45) is -1.18. The third-order valence-corrected chi connectivity index (χ3v) is 7.23. The van der Waals surface area contributed by atoms with Crippen LogP contribution in [-0.2, 0) is 24.4 Å². The number of benzene rings is 3. The minimum Gasteiger partial charge on any atom is -0.494 e. The average molecular weight is 571 g/mol. The largest absolute Gasteiger partial charge is 0.494 e. The molecule has 220 valence electrons. The number of carbonyl (C=O) groups is 1. The molecule has 4 aromatic rings. The van der Waals surface area contributed by atoms with Gasteiger partial charge in [-0.1, -0.05) is 54.6 Å². The molecule has 1 amide bonds. The standard InChI is InChI=1S/C33H38N4O5/c1-24(38)22-41-32-27(20-34-33(39)42-23-25-8-4-3-5-9-25)13-15-30(40-2)31(32)37-18-16-36(17-19-37)21-28-14-12-26-10-6-7-11-29(26)35-28/h3-15,24,38H,16-23H2,1-2H3,(H,34,39). The second kappa shape index (κ2) is 14.0. The lowest BCUT2D eigenvalue weighted by Gasteiger charge is -2.37. The fraction of sp³-hybridized carbons (Fsp3) is 0.333. The number of alkyl carbamates (subject to hydrolysis) is 1. The smallest absolute Gasteiger partial charge is 0.407 e. The van der Waals surface area contributed by atoms with E-state index in [9.17, 15) is 9.90 Å². The van der Waals surface area contributed by atoms with E-state index >= 15 is 0 Å². The first-order valence-corrected chi connectivity index (χ1v) is 14.3. The molecular weight excluding hydrogens is 532 g/mol. The normalized spacial score (nSPS) is 14.4. The van der Waals surface area contributed by atoms with Gasteiger partial charge < -0.3 is 29.5 Å². The molecule has 1 aliphatic heterocycles. The van der Waals surface area contributed by atoms with Crippen LogP contribution in [0.5, 0.6) is 11.5 Å². The van der Waals surface area contributed by atoms with E-state index < -0.39 is 12.2 Å². The molecule has 0 aliphatic carbocycles. The lowest BCUT2D eigenvalue weighted by atomic mass is 10.1. The number of methoxy groups -OCH3 is 1. The van der Waals surface area contributed by atoms with Crippen molar-refractivity contribution in [2.24, 2.45) is 0 Å². The summed E-state index contributed by atoms with van der Waals surface area (Å²) in [6, 6.07) is 25.7. The molecule has 9 heteroatoms. The number of para-hydroxylation sites is 1. The summed E-state index contributed by atoms with van der Waals surface area (Å²) in [6.45, 7) is 6.13. The van der Waals surface area contributed by atoms with E-state index in [0.29, 0.717) is 11.5 Å². The second-order valence-electron chi connectivity index (χ2n) is 10.4. The van der Waals surface area contributed by atoms with E-state index in [1.54, 1.807) is 14.0 Å². The molecule has 2 N–H and O–H groups in total. The highest BCUT2D eigenvalue weighted by Crippen LogP contribution is 2.41. The number of nitrogens with one attached hydrogen (secondary N) is 1. The van der Waals surface area contributed by atoms with E-state index in [4.69, 9.17) is 19.2 Å². The fourth-order valence-electron chi connectivity index (χ4n) is 5.06. The zero-order valence-electron chi connectivity index (χ0n) is 24.2. The molecule has 5 rings (SSSR count). The van der Waals surface area contributed by atoms with Gasteiger partial charge in [0, 0.05) is 50.2 Å². The quantitative estimate of drug-likeness (QED) is 0.267. The van der Waals surface area contributed by atoms with Crippen molar-refractivity contribution in [3.05, 3.63) is 95.7 Å². The number of aliphatic hydroxyl groups is 1. The van der Waals surface area contributed by atoms with Gasteiger partial charge in [0.25, 0.3) is 0 Å². The first kappa shape index (κ1) is 29.2. The lowest BCUT2D eigenvalue weighted by Crippen LogP contribution is -2.46. The zero-order chi connectivity index (χ0) is 29.3. The number of hydrogen-bond acceptors (Lipinski definition) is 8. The molecule has 9 nitrogen and oxygen atoms in total. The van der Waals surface area contributed by atoms with Gasteiger partial charge >= 0.3 is 6.09 Å². The van der Waals surface area contributed by atoms with E-state index in [1.165, 1.54) is 0 Å². The Bertz CT molecular complexity index is 1470. The van der Waals surface area contributed by atoms with Crippen molar-refractivity contribution >= 4 is 22.7 Å². The number of nitrogens with zero attached hydrogens (tertiary/aromatic N) is 3. The third-order valence-electron chi connectivity index (χ3n) is 7.23. The van der Waals surface area contributed by atoms with Crippen LogP contribution >= 0.6 is 0 Å². The van der Waals surface area contributed by atoms with Crippen molar-refractivity contribution < 1.29 is 24.1 Å². The van der Waals surface area contributed by atoms with Gasteiger partial charge in [-0.15, -0.1) is 0 Å². The van der Waals surface area contributed by atoms with Gasteiger partial charge in [-0.25, -0.2) is 4.79 Å².